The number of hydrogen-bond donors (Lipinski definition) is 0. The molecule has 1 aliphatic rings. The lowest BCUT2D eigenvalue weighted by molar-refractivity contribution is 0.578. The van der Waals surface area contributed by atoms with Gasteiger partial charge in [0.05, 0.1) is 0 Å². The Morgan fingerprint density at radius 3 is 2.55 bits per heavy atom. The predicted octanol–water partition coefficient (Wildman–Crippen LogP) is 6.28. The maximum absolute atomic E-state index is 5.71. The van der Waals surface area contributed by atoms with Crippen LogP contribution >= 0.6 is 0 Å². The van der Waals surface area contributed by atoms with Crippen molar-refractivity contribution >= 4 is 17.0 Å². The zero-order valence-corrected chi connectivity index (χ0v) is 13.4. The van der Waals surface area contributed by atoms with Gasteiger partial charge in [-0.15, -0.1) is 0 Å². The third-order valence-electron chi connectivity index (χ3n) is 3.74. The van der Waals surface area contributed by atoms with Crippen LogP contribution in [0.15, 0.2) is 28.2 Å². The van der Waals surface area contributed by atoms with E-state index in [1.54, 1.807) is 0 Å². The van der Waals surface area contributed by atoms with Crippen LogP contribution in [0.3, 0.4) is 0 Å². The van der Waals surface area contributed by atoms with Crippen molar-refractivity contribution in [3.8, 4) is 0 Å². The smallest absolute Gasteiger partial charge is 0.134 e. The minimum Gasteiger partial charge on any atom is -0.461 e. The summed E-state index contributed by atoms with van der Waals surface area (Å²) in [6.07, 6.45) is 6.42. The predicted molar refractivity (Wildman–Crippen MR) is 88.0 cm³/mol. The van der Waals surface area contributed by atoms with E-state index in [-0.39, 0.29) is 0 Å². The number of fused-ring (bicyclic) bond motifs is 1. The molecule has 108 valence electrons. The Balaban J connectivity index is 0.000000704. The summed E-state index contributed by atoms with van der Waals surface area (Å²) in [5.41, 5.74) is 5.13. The molecule has 2 aromatic rings. The topological polar surface area (TPSA) is 13.1 Å². The number of aryl methyl sites for hydroxylation is 2. The van der Waals surface area contributed by atoms with E-state index in [4.69, 9.17) is 4.42 Å². The van der Waals surface area contributed by atoms with E-state index < -0.39 is 0 Å². The van der Waals surface area contributed by atoms with Gasteiger partial charge < -0.3 is 4.42 Å². The highest BCUT2D eigenvalue weighted by molar-refractivity contribution is 5.82. The van der Waals surface area contributed by atoms with Gasteiger partial charge in [-0.05, 0) is 75.3 Å². The maximum atomic E-state index is 5.71. The lowest BCUT2D eigenvalue weighted by Gasteiger charge is -2.04. The van der Waals surface area contributed by atoms with Gasteiger partial charge in [-0.1, -0.05) is 25.5 Å². The summed E-state index contributed by atoms with van der Waals surface area (Å²) in [4.78, 5) is 0. The van der Waals surface area contributed by atoms with Gasteiger partial charge in [0.15, 0.2) is 0 Å². The number of furan rings is 1. The van der Waals surface area contributed by atoms with Gasteiger partial charge in [-0.3, -0.25) is 0 Å². The highest BCUT2D eigenvalue weighted by Gasteiger charge is 2.21. The van der Waals surface area contributed by atoms with Crippen LogP contribution in [0.25, 0.3) is 17.0 Å². The van der Waals surface area contributed by atoms with Crippen molar-refractivity contribution in [2.45, 2.75) is 53.9 Å². The van der Waals surface area contributed by atoms with Gasteiger partial charge in [0.2, 0.25) is 0 Å². The summed E-state index contributed by atoms with van der Waals surface area (Å²) in [7, 11) is 0. The van der Waals surface area contributed by atoms with Crippen molar-refractivity contribution < 1.29 is 4.42 Å². The SMILES string of the molecule is C/C(=C/c1cc2oc(C)cc2cc1C)CC1CC1.CC. The molecule has 0 radical (unpaired) electrons. The third-order valence-corrected chi connectivity index (χ3v) is 3.74. The highest BCUT2D eigenvalue weighted by atomic mass is 16.3. The van der Waals surface area contributed by atoms with Crippen molar-refractivity contribution in [3.05, 3.63) is 40.7 Å². The monoisotopic (exact) mass is 270 g/mol. The molecule has 1 aliphatic carbocycles. The first-order chi connectivity index (χ1) is 9.61. The lowest BCUT2D eigenvalue weighted by atomic mass is 10.0. The van der Waals surface area contributed by atoms with Crippen molar-refractivity contribution in [1.29, 1.82) is 0 Å². The molecule has 0 bridgehead atoms. The van der Waals surface area contributed by atoms with E-state index in [0.717, 1.165) is 17.3 Å². The summed E-state index contributed by atoms with van der Waals surface area (Å²) >= 11 is 0. The second-order valence-electron chi connectivity index (χ2n) is 5.74. The Morgan fingerprint density at radius 1 is 1.20 bits per heavy atom. The van der Waals surface area contributed by atoms with Crippen molar-refractivity contribution in [2.24, 2.45) is 5.92 Å². The molecule has 0 saturated heterocycles. The fourth-order valence-electron chi connectivity index (χ4n) is 2.61. The molecular weight excluding hydrogens is 244 g/mol. The molecule has 1 fully saturated rings. The fraction of sp³-hybridized carbons (Fsp3) is 0.474. The fourth-order valence-corrected chi connectivity index (χ4v) is 2.61. The van der Waals surface area contributed by atoms with Crippen LogP contribution in [0.2, 0.25) is 0 Å². The van der Waals surface area contributed by atoms with Gasteiger partial charge >= 0.3 is 0 Å². The minimum atomic E-state index is 0.955. The maximum Gasteiger partial charge on any atom is 0.134 e. The minimum absolute atomic E-state index is 0.955. The molecule has 1 nitrogen and oxygen atoms in total. The summed E-state index contributed by atoms with van der Waals surface area (Å²) in [5, 5.41) is 1.21. The molecule has 0 amide bonds. The van der Waals surface area contributed by atoms with Gasteiger partial charge in [0.1, 0.15) is 11.3 Å². The first kappa shape index (κ1) is 14.9. The lowest BCUT2D eigenvalue weighted by Crippen LogP contribution is -1.84. The van der Waals surface area contributed by atoms with E-state index >= 15 is 0 Å². The summed E-state index contributed by atoms with van der Waals surface area (Å²) in [6.45, 7) is 10.4. The summed E-state index contributed by atoms with van der Waals surface area (Å²) in [6, 6.07) is 6.50. The summed E-state index contributed by atoms with van der Waals surface area (Å²) in [5.74, 6) is 1.94. The van der Waals surface area contributed by atoms with Crippen molar-refractivity contribution in [1.82, 2.24) is 0 Å². The standard InChI is InChI=1S/C17H20O.C2H6/c1-11(6-14-4-5-14)7-15-10-17-16(8-12(15)2)9-13(3)18-17;1-2/h7-10,14H,4-6H2,1-3H3;1-2H3/b11-7-;. The van der Waals surface area contributed by atoms with Gasteiger partial charge in [-0.25, -0.2) is 0 Å². The average Bonchev–Trinajstić information content (AvgIpc) is 3.14. The van der Waals surface area contributed by atoms with Crippen LogP contribution in [-0.4, -0.2) is 0 Å². The number of rotatable bonds is 3. The van der Waals surface area contributed by atoms with Gasteiger partial charge in [0, 0.05) is 5.39 Å². The molecule has 0 atom stereocenters. The Morgan fingerprint density at radius 2 is 1.90 bits per heavy atom. The van der Waals surface area contributed by atoms with E-state index in [1.165, 1.54) is 41.3 Å². The normalized spacial score (nSPS) is 15.2. The number of benzene rings is 1. The van der Waals surface area contributed by atoms with Crippen LogP contribution in [0.1, 0.15) is 56.9 Å². The average molecular weight is 270 g/mol. The zero-order valence-electron chi connectivity index (χ0n) is 13.4. The molecule has 20 heavy (non-hydrogen) atoms. The first-order valence-corrected chi connectivity index (χ1v) is 7.80. The Kier molecular flexibility index (Phi) is 4.69. The largest absolute Gasteiger partial charge is 0.461 e. The molecule has 1 aromatic heterocycles. The van der Waals surface area contributed by atoms with Crippen LogP contribution in [0.5, 0.6) is 0 Å². The van der Waals surface area contributed by atoms with Crippen molar-refractivity contribution in [3.63, 3.8) is 0 Å². The second-order valence-corrected chi connectivity index (χ2v) is 5.74. The molecule has 0 unspecified atom stereocenters. The Bertz CT molecular complexity index is 612. The second kappa shape index (κ2) is 6.30. The van der Waals surface area contributed by atoms with Crippen molar-refractivity contribution in [2.75, 3.05) is 0 Å². The van der Waals surface area contributed by atoms with Crippen LogP contribution in [0.4, 0.5) is 0 Å². The molecule has 1 saturated carbocycles. The summed E-state index contributed by atoms with van der Waals surface area (Å²) < 4.78 is 5.71. The molecule has 3 rings (SSSR count). The first-order valence-electron chi connectivity index (χ1n) is 7.80. The molecule has 1 aromatic carbocycles. The Hall–Kier alpha value is -1.50. The highest BCUT2D eigenvalue weighted by Crippen LogP contribution is 2.35. The molecule has 0 N–H and O–H groups in total. The van der Waals surface area contributed by atoms with Crippen LogP contribution < -0.4 is 0 Å². The van der Waals surface area contributed by atoms with Gasteiger partial charge in [0.25, 0.3) is 0 Å². The third kappa shape index (κ3) is 3.53. The molecule has 0 aliphatic heterocycles. The van der Waals surface area contributed by atoms with E-state index in [0.29, 0.717) is 0 Å². The van der Waals surface area contributed by atoms with Gasteiger partial charge in [-0.2, -0.15) is 0 Å². The Labute approximate surface area is 122 Å². The molecule has 1 heteroatoms. The van der Waals surface area contributed by atoms with E-state index in [9.17, 15) is 0 Å². The number of allylic oxidation sites excluding steroid dienone is 1. The zero-order chi connectivity index (χ0) is 14.7. The molecule has 1 heterocycles. The molecule has 0 spiro atoms. The quantitative estimate of drug-likeness (QED) is 0.639. The van der Waals surface area contributed by atoms with E-state index in [2.05, 4.69) is 38.1 Å². The molecular formula is C19H26O. The van der Waals surface area contributed by atoms with Crippen LogP contribution in [-0.2, 0) is 0 Å². The number of hydrogen-bond acceptors (Lipinski definition) is 1. The van der Waals surface area contributed by atoms with Crippen LogP contribution in [0, 0.1) is 19.8 Å². The van der Waals surface area contributed by atoms with E-state index in [1.807, 2.05) is 20.8 Å².